The van der Waals surface area contributed by atoms with Crippen LogP contribution in [0.4, 0.5) is 24.5 Å². The highest BCUT2D eigenvalue weighted by atomic mass is 79.9. The quantitative estimate of drug-likeness (QED) is 0.827. The summed E-state index contributed by atoms with van der Waals surface area (Å²) in [5.74, 6) is 0. The zero-order valence-corrected chi connectivity index (χ0v) is 11.6. The highest BCUT2D eigenvalue weighted by molar-refractivity contribution is 9.10. The Balaban J connectivity index is 2.40. The molecule has 0 atom stereocenters. The molecule has 6 heteroatoms. The summed E-state index contributed by atoms with van der Waals surface area (Å²) in [6.07, 6.45) is -4.56. The van der Waals surface area contributed by atoms with Gasteiger partial charge in [0, 0.05) is 10.2 Å². The minimum atomic E-state index is -4.56. The van der Waals surface area contributed by atoms with Crippen LogP contribution in [0.2, 0.25) is 0 Å². The summed E-state index contributed by atoms with van der Waals surface area (Å²) in [7, 11) is 0. The van der Waals surface area contributed by atoms with Gasteiger partial charge >= 0.3 is 6.18 Å². The van der Waals surface area contributed by atoms with E-state index in [1.165, 1.54) is 6.07 Å². The molecule has 0 aliphatic rings. The number of hydrogen-bond donors (Lipinski definition) is 1. The van der Waals surface area contributed by atoms with Crippen LogP contribution < -0.4 is 5.32 Å². The molecule has 20 heavy (non-hydrogen) atoms. The maximum atomic E-state index is 12.8. The van der Waals surface area contributed by atoms with Crippen LogP contribution in [0, 0.1) is 11.3 Å². The molecule has 0 radical (unpaired) electrons. The maximum Gasteiger partial charge on any atom is 0.417 e. The number of nitrogens with zero attached hydrogens (tertiary/aromatic N) is 1. The molecular formula is C14H8BrF3N2. The Hall–Kier alpha value is -2.00. The molecule has 0 bridgehead atoms. The zero-order valence-electron chi connectivity index (χ0n) is 10.0. The van der Waals surface area contributed by atoms with Gasteiger partial charge in [-0.15, -0.1) is 0 Å². The minimum absolute atomic E-state index is 0.267. The van der Waals surface area contributed by atoms with Gasteiger partial charge in [0.25, 0.3) is 0 Å². The predicted molar refractivity (Wildman–Crippen MR) is 73.6 cm³/mol. The number of anilines is 2. The van der Waals surface area contributed by atoms with Gasteiger partial charge < -0.3 is 5.32 Å². The lowest BCUT2D eigenvalue weighted by atomic mass is 10.1. The van der Waals surface area contributed by atoms with E-state index < -0.39 is 17.3 Å². The van der Waals surface area contributed by atoms with Crippen molar-refractivity contribution in [3.8, 4) is 6.07 Å². The molecule has 0 saturated heterocycles. The van der Waals surface area contributed by atoms with Crippen LogP contribution in [-0.2, 0) is 6.18 Å². The Kier molecular flexibility index (Phi) is 4.00. The number of rotatable bonds is 2. The number of halogens is 4. The molecule has 0 aliphatic carbocycles. The van der Waals surface area contributed by atoms with Crippen molar-refractivity contribution in [1.82, 2.24) is 0 Å². The summed E-state index contributed by atoms with van der Waals surface area (Å²) in [5.41, 5.74) is -0.430. The first-order valence-corrected chi connectivity index (χ1v) is 6.34. The van der Waals surface area contributed by atoms with Crippen molar-refractivity contribution >= 4 is 27.3 Å². The largest absolute Gasteiger partial charge is 0.417 e. The Morgan fingerprint density at radius 1 is 1.10 bits per heavy atom. The average Bonchev–Trinajstić information content (AvgIpc) is 2.40. The van der Waals surface area contributed by atoms with Gasteiger partial charge in [0.2, 0.25) is 0 Å². The third-order valence-electron chi connectivity index (χ3n) is 2.60. The van der Waals surface area contributed by atoms with Crippen molar-refractivity contribution < 1.29 is 13.2 Å². The molecule has 0 aliphatic heterocycles. The summed E-state index contributed by atoms with van der Waals surface area (Å²) >= 11 is 3.30. The minimum Gasteiger partial charge on any atom is -0.355 e. The maximum absolute atomic E-state index is 12.8. The van der Waals surface area contributed by atoms with Gasteiger partial charge in [-0.25, -0.2) is 0 Å². The number of alkyl halides is 3. The van der Waals surface area contributed by atoms with Gasteiger partial charge in [-0.2, -0.15) is 18.4 Å². The van der Waals surface area contributed by atoms with E-state index in [-0.39, 0.29) is 5.69 Å². The first kappa shape index (κ1) is 14.4. The second-order valence-corrected chi connectivity index (χ2v) is 4.83. The lowest BCUT2D eigenvalue weighted by Gasteiger charge is -2.13. The van der Waals surface area contributed by atoms with Gasteiger partial charge in [-0.3, -0.25) is 0 Å². The van der Waals surface area contributed by atoms with E-state index in [0.29, 0.717) is 5.69 Å². The SMILES string of the molecule is N#Cc1ccc(Nc2ccccc2Br)cc1C(F)(F)F. The smallest absolute Gasteiger partial charge is 0.355 e. The van der Waals surface area contributed by atoms with Gasteiger partial charge in [0.1, 0.15) is 0 Å². The fourth-order valence-electron chi connectivity index (χ4n) is 1.67. The number of nitrogens with one attached hydrogen (secondary N) is 1. The van der Waals surface area contributed by atoms with Crippen LogP contribution in [0.25, 0.3) is 0 Å². The topological polar surface area (TPSA) is 35.8 Å². The van der Waals surface area contributed by atoms with Crippen LogP contribution in [0.5, 0.6) is 0 Å². The highest BCUT2D eigenvalue weighted by Crippen LogP contribution is 2.34. The van der Waals surface area contributed by atoms with Crippen LogP contribution in [0.3, 0.4) is 0 Å². The van der Waals surface area contributed by atoms with Crippen molar-refractivity contribution in [3.63, 3.8) is 0 Å². The fraction of sp³-hybridized carbons (Fsp3) is 0.0714. The molecule has 0 heterocycles. The molecule has 1 N–H and O–H groups in total. The Morgan fingerprint density at radius 3 is 2.40 bits per heavy atom. The molecule has 0 amide bonds. The lowest BCUT2D eigenvalue weighted by molar-refractivity contribution is -0.137. The third kappa shape index (κ3) is 3.11. The molecule has 2 rings (SSSR count). The van der Waals surface area contributed by atoms with Crippen molar-refractivity contribution in [1.29, 1.82) is 5.26 Å². The molecule has 2 aromatic carbocycles. The first-order valence-electron chi connectivity index (χ1n) is 5.54. The van der Waals surface area contributed by atoms with Crippen molar-refractivity contribution in [3.05, 3.63) is 58.1 Å². The van der Waals surface area contributed by atoms with Gasteiger partial charge in [-0.05, 0) is 46.3 Å². The number of hydrogen-bond acceptors (Lipinski definition) is 2. The Bertz CT molecular complexity index is 675. The van der Waals surface area contributed by atoms with Crippen LogP contribution in [0.15, 0.2) is 46.9 Å². The molecule has 0 spiro atoms. The fourth-order valence-corrected chi connectivity index (χ4v) is 2.06. The van der Waals surface area contributed by atoms with Crippen LogP contribution in [0.1, 0.15) is 11.1 Å². The molecule has 0 saturated carbocycles. The zero-order chi connectivity index (χ0) is 14.8. The summed E-state index contributed by atoms with van der Waals surface area (Å²) in [6.45, 7) is 0. The van der Waals surface area contributed by atoms with Crippen molar-refractivity contribution in [2.45, 2.75) is 6.18 Å². The summed E-state index contributed by atoms with van der Waals surface area (Å²) in [4.78, 5) is 0. The van der Waals surface area contributed by atoms with E-state index in [4.69, 9.17) is 5.26 Å². The Morgan fingerprint density at radius 2 is 1.80 bits per heavy atom. The second-order valence-electron chi connectivity index (χ2n) is 3.97. The van der Waals surface area contributed by atoms with Crippen molar-refractivity contribution in [2.24, 2.45) is 0 Å². The average molecular weight is 341 g/mol. The normalized spacial score (nSPS) is 10.9. The van der Waals surface area contributed by atoms with Gasteiger partial charge in [0.15, 0.2) is 0 Å². The van der Waals surface area contributed by atoms with E-state index in [1.807, 2.05) is 0 Å². The summed E-state index contributed by atoms with van der Waals surface area (Å²) in [5, 5.41) is 11.6. The second kappa shape index (κ2) is 5.55. The summed E-state index contributed by atoms with van der Waals surface area (Å²) in [6, 6.07) is 12.1. The van der Waals surface area contributed by atoms with E-state index >= 15 is 0 Å². The Labute approximate surface area is 122 Å². The van der Waals surface area contributed by atoms with E-state index in [0.717, 1.165) is 16.6 Å². The summed E-state index contributed by atoms with van der Waals surface area (Å²) < 4.78 is 39.3. The van der Waals surface area contributed by atoms with Crippen LogP contribution >= 0.6 is 15.9 Å². The monoisotopic (exact) mass is 340 g/mol. The van der Waals surface area contributed by atoms with Gasteiger partial charge in [0.05, 0.1) is 22.9 Å². The van der Waals surface area contributed by atoms with E-state index in [2.05, 4.69) is 21.2 Å². The molecular weight excluding hydrogens is 333 g/mol. The standard InChI is InChI=1S/C14H8BrF3N2/c15-12-3-1-2-4-13(12)20-10-6-5-9(8-19)11(7-10)14(16,17)18/h1-7,20H. The predicted octanol–water partition coefficient (Wildman–Crippen LogP) is 5.08. The molecule has 2 nitrogen and oxygen atoms in total. The first-order chi connectivity index (χ1) is 9.41. The lowest BCUT2D eigenvalue weighted by Crippen LogP contribution is -2.08. The third-order valence-corrected chi connectivity index (χ3v) is 3.29. The molecule has 2 aromatic rings. The van der Waals surface area contributed by atoms with E-state index in [9.17, 15) is 13.2 Å². The number of benzene rings is 2. The molecule has 0 aromatic heterocycles. The molecule has 0 unspecified atom stereocenters. The highest BCUT2D eigenvalue weighted by Gasteiger charge is 2.33. The van der Waals surface area contributed by atoms with Crippen molar-refractivity contribution in [2.75, 3.05) is 5.32 Å². The van der Waals surface area contributed by atoms with Gasteiger partial charge in [-0.1, -0.05) is 12.1 Å². The number of para-hydroxylation sites is 1. The molecule has 102 valence electrons. The van der Waals surface area contributed by atoms with E-state index in [1.54, 1.807) is 30.3 Å². The molecule has 0 fully saturated rings. The number of nitriles is 1. The van der Waals surface area contributed by atoms with Crippen LogP contribution in [-0.4, -0.2) is 0 Å².